The number of unbranched alkanes of at least 4 members (excludes halogenated alkanes) is 1. The van der Waals surface area contributed by atoms with Crippen LogP contribution in [0, 0.1) is 5.92 Å². The second-order valence-electron chi connectivity index (χ2n) is 7.56. The van der Waals surface area contributed by atoms with Crippen molar-refractivity contribution in [3.05, 3.63) is 63.1 Å². The molecular formula is C23H23Cl3N2O3. The number of hydrogen-bond donors (Lipinski definition) is 1. The number of aliphatic carboxylic acids is 1. The summed E-state index contributed by atoms with van der Waals surface area (Å²) in [5, 5.41) is 17.3. The highest BCUT2D eigenvalue weighted by atomic mass is 35.5. The van der Waals surface area contributed by atoms with Gasteiger partial charge in [-0.05, 0) is 42.3 Å². The maximum absolute atomic E-state index is 13.0. The third-order valence-electron chi connectivity index (χ3n) is 5.33. The normalized spacial score (nSPS) is 16.8. The molecule has 3 rings (SSSR count). The Kier molecular flexibility index (Phi) is 7.98. The fourth-order valence-electron chi connectivity index (χ4n) is 3.62. The molecule has 2 aromatic rings. The lowest BCUT2D eigenvalue weighted by Gasteiger charge is -2.25. The fraction of sp³-hybridized carbons (Fsp3) is 0.348. The van der Waals surface area contributed by atoms with Crippen molar-refractivity contribution < 1.29 is 14.7 Å². The van der Waals surface area contributed by atoms with Crippen molar-refractivity contribution in [2.75, 3.05) is 5.01 Å². The maximum atomic E-state index is 13.0. The topological polar surface area (TPSA) is 70.0 Å². The number of carbonyl (C=O) groups is 2. The Hall–Kier alpha value is -2.08. The summed E-state index contributed by atoms with van der Waals surface area (Å²) in [5.74, 6) is -1.92. The van der Waals surface area contributed by atoms with Crippen LogP contribution in [0.15, 0.2) is 47.6 Å². The monoisotopic (exact) mass is 480 g/mol. The highest BCUT2D eigenvalue weighted by Gasteiger charge is 2.34. The molecule has 1 aliphatic heterocycles. The molecule has 2 atom stereocenters. The fourth-order valence-corrected chi connectivity index (χ4v) is 4.24. The molecule has 2 unspecified atom stereocenters. The first kappa shape index (κ1) is 23.6. The average Bonchev–Trinajstić information content (AvgIpc) is 3.16. The third-order valence-corrected chi connectivity index (χ3v) is 6.12. The van der Waals surface area contributed by atoms with Crippen LogP contribution in [0.25, 0.3) is 0 Å². The van der Waals surface area contributed by atoms with Gasteiger partial charge in [-0.15, -0.1) is 0 Å². The SMILES string of the molecule is CCCCC(CC(=O)C1=NN(c2ccc(Cl)cc2Cl)C(c2ccc(Cl)cc2)C1)C(=O)O. The minimum absolute atomic E-state index is 0.0658. The first-order valence-electron chi connectivity index (χ1n) is 10.1. The second-order valence-corrected chi connectivity index (χ2v) is 8.84. The molecule has 0 fully saturated rings. The van der Waals surface area contributed by atoms with E-state index in [-0.39, 0.29) is 18.2 Å². The zero-order valence-electron chi connectivity index (χ0n) is 17.0. The van der Waals surface area contributed by atoms with E-state index in [1.165, 1.54) is 0 Å². The lowest BCUT2D eigenvalue weighted by molar-refractivity contribution is -0.143. The first-order chi connectivity index (χ1) is 14.8. The van der Waals surface area contributed by atoms with Crippen LogP contribution < -0.4 is 5.01 Å². The molecule has 31 heavy (non-hydrogen) atoms. The average molecular weight is 482 g/mol. The second kappa shape index (κ2) is 10.5. The molecular weight excluding hydrogens is 459 g/mol. The molecule has 1 N–H and O–H groups in total. The van der Waals surface area contributed by atoms with Crippen LogP contribution in [-0.4, -0.2) is 22.6 Å². The number of hydrazone groups is 1. The lowest BCUT2D eigenvalue weighted by atomic mass is 9.92. The number of ketones is 1. The molecule has 5 nitrogen and oxygen atoms in total. The molecule has 0 radical (unpaired) electrons. The van der Waals surface area contributed by atoms with E-state index in [1.54, 1.807) is 35.3 Å². The van der Waals surface area contributed by atoms with E-state index in [9.17, 15) is 14.7 Å². The Morgan fingerprint density at radius 3 is 2.42 bits per heavy atom. The van der Waals surface area contributed by atoms with Crippen molar-refractivity contribution in [1.29, 1.82) is 0 Å². The van der Waals surface area contributed by atoms with Crippen molar-refractivity contribution in [1.82, 2.24) is 0 Å². The smallest absolute Gasteiger partial charge is 0.306 e. The summed E-state index contributed by atoms with van der Waals surface area (Å²) in [4.78, 5) is 24.6. The van der Waals surface area contributed by atoms with Crippen LogP contribution in [0.4, 0.5) is 5.69 Å². The summed E-state index contributed by atoms with van der Waals surface area (Å²) in [6.45, 7) is 1.99. The van der Waals surface area contributed by atoms with Crippen molar-refractivity contribution in [2.24, 2.45) is 11.0 Å². The van der Waals surface area contributed by atoms with Gasteiger partial charge in [0.2, 0.25) is 0 Å². The van der Waals surface area contributed by atoms with Gasteiger partial charge in [0.25, 0.3) is 0 Å². The van der Waals surface area contributed by atoms with Gasteiger partial charge in [-0.25, -0.2) is 0 Å². The Morgan fingerprint density at radius 2 is 1.81 bits per heavy atom. The largest absolute Gasteiger partial charge is 0.481 e. The van der Waals surface area contributed by atoms with Gasteiger partial charge in [-0.1, -0.05) is 66.7 Å². The van der Waals surface area contributed by atoms with Crippen LogP contribution >= 0.6 is 34.8 Å². The molecule has 1 heterocycles. The highest BCUT2D eigenvalue weighted by Crippen LogP contribution is 2.40. The zero-order valence-corrected chi connectivity index (χ0v) is 19.3. The number of anilines is 1. The maximum Gasteiger partial charge on any atom is 0.306 e. The quantitative estimate of drug-likeness (QED) is 0.427. The van der Waals surface area contributed by atoms with Gasteiger partial charge < -0.3 is 5.11 Å². The number of benzene rings is 2. The molecule has 0 aromatic heterocycles. The Balaban J connectivity index is 1.91. The van der Waals surface area contributed by atoms with Gasteiger partial charge in [0.1, 0.15) is 5.71 Å². The Morgan fingerprint density at radius 1 is 1.13 bits per heavy atom. The van der Waals surface area contributed by atoms with Crippen LogP contribution in [0.5, 0.6) is 0 Å². The molecule has 0 saturated heterocycles. The van der Waals surface area contributed by atoms with Crippen molar-refractivity contribution in [2.45, 2.75) is 45.1 Å². The van der Waals surface area contributed by atoms with Crippen molar-refractivity contribution >= 4 is 58.0 Å². The summed E-state index contributed by atoms with van der Waals surface area (Å²) in [7, 11) is 0. The number of carbonyl (C=O) groups excluding carboxylic acids is 1. The Bertz CT molecular complexity index is 992. The van der Waals surface area contributed by atoms with E-state index in [4.69, 9.17) is 34.8 Å². The molecule has 0 aliphatic carbocycles. The number of Topliss-reactive ketones (excluding diaryl/α,β-unsaturated/α-hetero) is 1. The van der Waals surface area contributed by atoms with Crippen LogP contribution in [0.3, 0.4) is 0 Å². The van der Waals surface area contributed by atoms with Crippen LogP contribution in [0.2, 0.25) is 15.1 Å². The van der Waals surface area contributed by atoms with E-state index in [2.05, 4.69) is 5.10 Å². The number of rotatable bonds is 9. The summed E-state index contributed by atoms with van der Waals surface area (Å²) in [5.41, 5.74) is 1.88. The van der Waals surface area contributed by atoms with Crippen LogP contribution in [-0.2, 0) is 9.59 Å². The van der Waals surface area contributed by atoms with Gasteiger partial charge in [-0.3, -0.25) is 14.6 Å². The molecule has 0 bridgehead atoms. The van der Waals surface area contributed by atoms with Gasteiger partial charge in [0, 0.05) is 22.9 Å². The molecule has 0 spiro atoms. The molecule has 2 aromatic carbocycles. The van der Waals surface area contributed by atoms with E-state index in [1.807, 2.05) is 19.1 Å². The summed E-state index contributed by atoms with van der Waals surface area (Å²) in [6.07, 6.45) is 2.39. The molecule has 0 amide bonds. The summed E-state index contributed by atoms with van der Waals surface area (Å²) in [6, 6.07) is 12.1. The lowest BCUT2D eigenvalue weighted by Crippen LogP contribution is -2.22. The molecule has 164 valence electrons. The van der Waals surface area contributed by atoms with Gasteiger partial charge in [-0.2, -0.15) is 5.10 Å². The first-order valence-corrected chi connectivity index (χ1v) is 11.3. The predicted molar refractivity (Wildman–Crippen MR) is 125 cm³/mol. The highest BCUT2D eigenvalue weighted by molar-refractivity contribution is 6.41. The number of nitrogens with zero attached hydrogens (tertiary/aromatic N) is 2. The summed E-state index contributed by atoms with van der Waals surface area (Å²) >= 11 is 18.5. The molecule has 8 heteroatoms. The van der Waals surface area contributed by atoms with E-state index in [0.29, 0.717) is 39.3 Å². The zero-order chi connectivity index (χ0) is 22.5. The van der Waals surface area contributed by atoms with Gasteiger partial charge in [0.15, 0.2) is 5.78 Å². The minimum Gasteiger partial charge on any atom is -0.481 e. The van der Waals surface area contributed by atoms with Crippen molar-refractivity contribution in [3.8, 4) is 0 Å². The van der Waals surface area contributed by atoms with E-state index < -0.39 is 11.9 Å². The predicted octanol–water partition coefficient (Wildman–Crippen LogP) is 6.80. The standard InChI is InChI=1S/C23H23Cl3N2O3/c1-2-3-4-15(23(30)31)11-22(29)19-13-21(14-5-7-16(24)8-6-14)28(27-19)20-10-9-17(25)12-18(20)26/h5-10,12,15,21H,2-4,11,13H2,1H3,(H,30,31). The van der Waals surface area contributed by atoms with Gasteiger partial charge >= 0.3 is 5.97 Å². The molecule has 0 saturated carbocycles. The van der Waals surface area contributed by atoms with Gasteiger partial charge in [0.05, 0.1) is 22.7 Å². The minimum atomic E-state index is -0.952. The van der Waals surface area contributed by atoms with Crippen LogP contribution in [0.1, 0.15) is 50.6 Å². The Labute approximate surface area is 196 Å². The number of halogens is 3. The van der Waals surface area contributed by atoms with E-state index >= 15 is 0 Å². The number of carboxylic acid groups (broad SMARTS) is 1. The number of carboxylic acids is 1. The van der Waals surface area contributed by atoms with Crippen molar-refractivity contribution in [3.63, 3.8) is 0 Å². The third kappa shape index (κ3) is 5.79. The summed E-state index contributed by atoms with van der Waals surface area (Å²) < 4.78 is 0. The van der Waals surface area contributed by atoms with E-state index in [0.717, 1.165) is 18.4 Å². The number of hydrogen-bond acceptors (Lipinski definition) is 4. The molecule has 1 aliphatic rings.